The molecule has 3 aromatic rings. The Labute approximate surface area is 170 Å². The number of alkyl halides is 3. The SMILES string of the molecule is N#Cc1cccc(C(=O)N2CCN(c3nccc4nc(C(F)(F)F)ccc34)CC2)c1. The predicted molar refractivity (Wildman–Crippen MR) is 104 cm³/mol. The molecule has 0 atom stereocenters. The van der Waals surface area contributed by atoms with E-state index in [1.807, 2.05) is 11.0 Å². The Balaban J connectivity index is 1.52. The zero-order chi connectivity index (χ0) is 21.3. The Hall–Kier alpha value is -3.67. The first-order valence-electron chi connectivity index (χ1n) is 9.24. The van der Waals surface area contributed by atoms with Crippen LogP contribution in [0.1, 0.15) is 21.6 Å². The average molecular weight is 411 g/mol. The molecule has 1 saturated heterocycles. The highest BCUT2D eigenvalue weighted by atomic mass is 19.4. The average Bonchev–Trinajstić information content (AvgIpc) is 2.77. The molecule has 4 rings (SSSR count). The molecule has 30 heavy (non-hydrogen) atoms. The molecule has 1 aliphatic heterocycles. The van der Waals surface area contributed by atoms with E-state index in [0.717, 1.165) is 6.07 Å². The molecule has 1 fully saturated rings. The van der Waals surface area contributed by atoms with Crippen LogP contribution in [0, 0.1) is 11.3 Å². The van der Waals surface area contributed by atoms with Crippen molar-refractivity contribution in [2.45, 2.75) is 6.18 Å². The second-order valence-electron chi connectivity index (χ2n) is 6.87. The molecule has 0 aliphatic carbocycles. The van der Waals surface area contributed by atoms with Gasteiger partial charge in [0.05, 0.1) is 17.1 Å². The topological polar surface area (TPSA) is 73.1 Å². The lowest BCUT2D eigenvalue weighted by molar-refractivity contribution is -0.140. The van der Waals surface area contributed by atoms with E-state index in [9.17, 15) is 18.0 Å². The summed E-state index contributed by atoms with van der Waals surface area (Å²) in [6.07, 6.45) is -3.07. The highest BCUT2D eigenvalue weighted by Gasteiger charge is 2.33. The van der Waals surface area contributed by atoms with Crippen molar-refractivity contribution in [2.24, 2.45) is 0 Å². The molecule has 0 unspecified atom stereocenters. The standard InChI is InChI=1S/C21H16F3N5O/c22-21(23,24)18-5-4-16-17(27-18)6-7-26-19(16)28-8-10-29(11-9-28)20(30)15-3-1-2-14(12-15)13-25/h1-7,12H,8-11H2. The minimum atomic E-state index is -4.51. The van der Waals surface area contributed by atoms with Crippen molar-refractivity contribution in [2.75, 3.05) is 31.1 Å². The molecule has 0 radical (unpaired) electrons. The normalized spacial score (nSPS) is 14.6. The highest BCUT2D eigenvalue weighted by molar-refractivity contribution is 5.95. The third kappa shape index (κ3) is 3.76. The smallest absolute Gasteiger partial charge is 0.353 e. The molecule has 2 aromatic heterocycles. The van der Waals surface area contributed by atoms with E-state index in [-0.39, 0.29) is 11.4 Å². The van der Waals surface area contributed by atoms with Gasteiger partial charge in [0.1, 0.15) is 11.5 Å². The van der Waals surface area contributed by atoms with E-state index < -0.39 is 11.9 Å². The van der Waals surface area contributed by atoms with Crippen LogP contribution in [0.4, 0.5) is 19.0 Å². The van der Waals surface area contributed by atoms with Crippen molar-refractivity contribution in [3.8, 4) is 6.07 Å². The second kappa shape index (κ2) is 7.63. The second-order valence-corrected chi connectivity index (χ2v) is 6.87. The number of benzene rings is 1. The number of piperazine rings is 1. The van der Waals surface area contributed by atoms with E-state index in [1.54, 1.807) is 29.2 Å². The molecular weight excluding hydrogens is 395 g/mol. The number of nitriles is 1. The van der Waals surface area contributed by atoms with Crippen molar-refractivity contribution >= 4 is 22.6 Å². The summed E-state index contributed by atoms with van der Waals surface area (Å²) < 4.78 is 38.8. The number of aromatic nitrogens is 2. The number of carbonyl (C=O) groups excluding carboxylic acids is 1. The lowest BCUT2D eigenvalue weighted by atomic mass is 10.1. The van der Waals surface area contributed by atoms with E-state index in [1.165, 1.54) is 18.3 Å². The lowest BCUT2D eigenvalue weighted by Gasteiger charge is -2.35. The van der Waals surface area contributed by atoms with Gasteiger partial charge in [0.25, 0.3) is 5.91 Å². The van der Waals surface area contributed by atoms with Gasteiger partial charge >= 0.3 is 6.18 Å². The number of hydrogen-bond acceptors (Lipinski definition) is 5. The summed E-state index contributed by atoms with van der Waals surface area (Å²) in [5.41, 5.74) is 0.156. The first-order chi connectivity index (χ1) is 14.4. The first kappa shape index (κ1) is 19.6. The van der Waals surface area contributed by atoms with Crippen molar-refractivity contribution in [1.29, 1.82) is 5.26 Å². The van der Waals surface area contributed by atoms with Crippen molar-refractivity contribution < 1.29 is 18.0 Å². The van der Waals surface area contributed by atoms with Crippen LogP contribution in [-0.2, 0) is 6.18 Å². The Morgan fingerprint density at radius 3 is 2.53 bits per heavy atom. The number of nitrogens with zero attached hydrogens (tertiary/aromatic N) is 5. The number of pyridine rings is 2. The Morgan fingerprint density at radius 1 is 1.07 bits per heavy atom. The first-order valence-corrected chi connectivity index (χ1v) is 9.24. The van der Waals surface area contributed by atoms with Crippen LogP contribution in [0.25, 0.3) is 10.9 Å². The van der Waals surface area contributed by atoms with Gasteiger partial charge in [-0.15, -0.1) is 0 Å². The van der Waals surface area contributed by atoms with Gasteiger partial charge in [0.15, 0.2) is 0 Å². The van der Waals surface area contributed by atoms with Crippen LogP contribution in [0.15, 0.2) is 48.7 Å². The van der Waals surface area contributed by atoms with Crippen molar-refractivity contribution in [3.05, 3.63) is 65.5 Å². The third-order valence-corrected chi connectivity index (χ3v) is 4.99. The molecule has 6 nitrogen and oxygen atoms in total. The van der Waals surface area contributed by atoms with Gasteiger partial charge in [0.2, 0.25) is 0 Å². The maximum atomic E-state index is 12.9. The van der Waals surface area contributed by atoms with Gasteiger partial charge in [-0.2, -0.15) is 18.4 Å². The minimum Gasteiger partial charge on any atom is -0.353 e. The Bertz CT molecular complexity index is 1150. The molecule has 0 spiro atoms. The predicted octanol–water partition coefficient (Wildman–Crippen LogP) is 3.48. The summed E-state index contributed by atoms with van der Waals surface area (Å²) in [5.74, 6) is 0.390. The number of rotatable bonds is 2. The quantitative estimate of drug-likeness (QED) is 0.646. The van der Waals surface area contributed by atoms with Gasteiger partial charge in [-0.3, -0.25) is 4.79 Å². The molecule has 9 heteroatoms. The van der Waals surface area contributed by atoms with Crippen molar-refractivity contribution in [1.82, 2.24) is 14.9 Å². The summed E-state index contributed by atoms with van der Waals surface area (Å²) in [5, 5.41) is 9.54. The van der Waals surface area contributed by atoms with E-state index in [2.05, 4.69) is 9.97 Å². The Morgan fingerprint density at radius 2 is 1.83 bits per heavy atom. The number of anilines is 1. The largest absolute Gasteiger partial charge is 0.433 e. The van der Waals surface area contributed by atoms with Crippen LogP contribution < -0.4 is 4.90 Å². The number of hydrogen-bond donors (Lipinski definition) is 0. The van der Waals surface area contributed by atoms with Gasteiger partial charge < -0.3 is 9.80 Å². The molecule has 0 saturated carbocycles. The summed E-state index contributed by atoms with van der Waals surface area (Å²) >= 11 is 0. The van der Waals surface area contributed by atoms with Crippen LogP contribution >= 0.6 is 0 Å². The molecule has 1 aromatic carbocycles. The van der Waals surface area contributed by atoms with Crippen LogP contribution in [0.5, 0.6) is 0 Å². The molecule has 1 aliphatic rings. The van der Waals surface area contributed by atoms with Gasteiger partial charge in [-0.1, -0.05) is 6.07 Å². The molecular formula is C21H16F3N5O. The molecule has 3 heterocycles. The fourth-order valence-electron chi connectivity index (χ4n) is 3.47. The number of amides is 1. The monoisotopic (exact) mass is 411 g/mol. The summed E-state index contributed by atoms with van der Waals surface area (Å²) in [7, 11) is 0. The zero-order valence-corrected chi connectivity index (χ0v) is 15.7. The summed E-state index contributed by atoms with van der Waals surface area (Å²) in [4.78, 5) is 24.4. The molecule has 0 bridgehead atoms. The third-order valence-electron chi connectivity index (χ3n) is 4.99. The minimum absolute atomic E-state index is 0.158. The number of halogens is 3. The number of fused-ring (bicyclic) bond motifs is 1. The molecule has 1 amide bonds. The molecule has 152 valence electrons. The highest BCUT2D eigenvalue weighted by Crippen LogP contribution is 2.31. The Kier molecular flexibility index (Phi) is 4.99. The maximum Gasteiger partial charge on any atom is 0.433 e. The van der Waals surface area contributed by atoms with Gasteiger partial charge in [0, 0.05) is 43.3 Å². The van der Waals surface area contributed by atoms with E-state index in [0.29, 0.717) is 48.5 Å². The lowest BCUT2D eigenvalue weighted by Crippen LogP contribution is -2.49. The number of carbonyl (C=O) groups is 1. The van der Waals surface area contributed by atoms with Crippen LogP contribution in [-0.4, -0.2) is 47.0 Å². The summed E-state index contributed by atoms with van der Waals surface area (Å²) in [6.45, 7) is 1.83. The molecule has 0 N–H and O–H groups in total. The van der Waals surface area contributed by atoms with Gasteiger partial charge in [-0.25, -0.2) is 9.97 Å². The van der Waals surface area contributed by atoms with E-state index in [4.69, 9.17) is 5.26 Å². The van der Waals surface area contributed by atoms with E-state index >= 15 is 0 Å². The summed E-state index contributed by atoms with van der Waals surface area (Å²) in [6, 6.07) is 12.4. The fourth-order valence-corrected chi connectivity index (χ4v) is 3.47. The van der Waals surface area contributed by atoms with Crippen LogP contribution in [0.3, 0.4) is 0 Å². The maximum absolute atomic E-state index is 12.9. The van der Waals surface area contributed by atoms with Crippen LogP contribution in [0.2, 0.25) is 0 Å². The fraction of sp³-hybridized carbons (Fsp3) is 0.238. The zero-order valence-electron chi connectivity index (χ0n) is 15.7. The van der Waals surface area contributed by atoms with Crippen molar-refractivity contribution in [3.63, 3.8) is 0 Å². The van der Waals surface area contributed by atoms with Gasteiger partial charge in [-0.05, 0) is 36.4 Å².